The zero-order valence-corrected chi connectivity index (χ0v) is 15.9. The number of nitrogens with zero attached hydrogens (tertiary/aromatic N) is 2. The molecule has 0 bridgehead atoms. The van der Waals surface area contributed by atoms with Crippen molar-refractivity contribution in [1.29, 1.82) is 0 Å². The van der Waals surface area contributed by atoms with E-state index in [-0.39, 0.29) is 11.7 Å². The van der Waals surface area contributed by atoms with E-state index in [1.54, 1.807) is 30.5 Å². The number of hydrogen-bond donors (Lipinski definition) is 1. The molecule has 0 radical (unpaired) electrons. The summed E-state index contributed by atoms with van der Waals surface area (Å²) >= 11 is 6.32. The second-order valence-corrected chi connectivity index (χ2v) is 6.64. The van der Waals surface area contributed by atoms with Gasteiger partial charge in [0.25, 0.3) is 0 Å². The largest absolute Gasteiger partial charge is 0.465 e. The van der Waals surface area contributed by atoms with E-state index in [0.717, 1.165) is 10.5 Å². The van der Waals surface area contributed by atoms with Gasteiger partial charge >= 0.3 is 6.09 Å². The number of benzene rings is 2. The molecule has 0 saturated carbocycles. The minimum absolute atomic E-state index is 0.169. The molecule has 2 aromatic carbocycles. The first-order valence-corrected chi connectivity index (χ1v) is 8.88. The molecule has 2 heterocycles. The Balaban J connectivity index is 1.62. The molecule has 1 N–H and O–H groups in total. The van der Waals surface area contributed by atoms with E-state index in [0.29, 0.717) is 33.2 Å². The lowest BCUT2D eigenvalue weighted by atomic mass is 10.1. The SMILES string of the molecule is CN(C(=O)O)c1cc2cc(-c3ccc(Oc4ccc(F)cc4)cn3)cc(Cl)c2o1. The summed E-state index contributed by atoms with van der Waals surface area (Å²) in [5.74, 6) is 0.831. The van der Waals surface area contributed by atoms with Gasteiger partial charge in [-0.05, 0) is 48.5 Å². The fourth-order valence-electron chi connectivity index (χ4n) is 2.75. The summed E-state index contributed by atoms with van der Waals surface area (Å²) in [6.45, 7) is 0. The van der Waals surface area contributed by atoms with Gasteiger partial charge in [0, 0.05) is 24.1 Å². The van der Waals surface area contributed by atoms with Gasteiger partial charge in [-0.15, -0.1) is 0 Å². The van der Waals surface area contributed by atoms with Crippen molar-refractivity contribution >= 4 is 34.5 Å². The van der Waals surface area contributed by atoms with Crippen molar-refractivity contribution < 1.29 is 23.4 Å². The number of ether oxygens (including phenoxy) is 1. The molecule has 146 valence electrons. The number of amides is 1. The van der Waals surface area contributed by atoms with Crippen molar-refractivity contribution in [3.8, 4) is 22.8 Å². The first kappa shape index (κ1) is 18.8. The van der Waals surface area contributed by atoms with Crippen LogP contribution in [0.2, 0.25) is 5.02 Å². The van der Waals surface area contributed by atoms with Crippen molar-refractivity contribution in [2.24, 2.45) is 0 Å². The van der Waals surface area contributed by atoms with Crippen LogP contribution < -0.4 is 9.64 Å². The van der Waals surface area contributed by atoms with Crippen LogP contribution >= 0.6 is 11.6 Å². The number of halogens is 2. The molecule has 0 fully saturated rings. The lowest BCUT2D eigenvalue weighted by molar-refractivity contribution is 0.202. The molecular weight excluding hydrogens is 399 g/mol. The topological polar surface area (TPSA) is 75.8 Å². The van der Waals surface area contributed by atoms with E-state index < -0.39 is 6.09 Å². The Morgan fingerprint density at radius 2 is 1.86 bits per heavy atom. The normalized spacial score (nSPS) is 10.9. The van der Waals surface area contributed by atoms with Crippen LogP contribution in [0.15, 0.2) is 65.2 Å². The average Bonchev–Trinajstić information content (AvgIpc) is 3.14. The molecule has 4 aromatic rings. The summed E-state index contributed by atoms with van der Waals surface area (Å²) in [6, 6.07) is 14.3. The quantitative estimate of drug-likeness (QED) is 0.432. The second kappa shape index (κ2) is 7.44. The summed E-state index contributed by atoms with van der Waals surface area (Å²) in [4.78, 5) is 16.5. The molecule has 6 nitrogen and oxygen atoms in total. The third-order valence-electron chi connectivity index (χ3n) is 4.26. The number of aromatic nitrogens is 1. The van der Waals surface area contributed by atoms with Crippen molar-refractivity contribution in [2.45, 2.75) is 0 Å². The highest BCUT2D eigenvalue weighted by Crippen LogP contribution is 2.35. The Bertz CT molecular complexity index is 1190. The highest BCUT2D eigenvalue weighted by Gasteiger charge is 2.16. The average molecular weight is 413 g/mol. The Morgan fingerprint density at radius 1 is 1.14 bits per heavy atom. The molecule has 0 saturated heterocycles. The summed E-state index contributed by atoms with van der Waals surface area (Å²) in [5.41, 5.74) is 1.78. The summed E-state index contributed by atoms with van der Waals surface area (Å²) in [7, 11) is 1.39. The van der Waals surface area contributed by atoms with Crippen molar-refractivity contribution in [3.05, 3.63) is 71.6 Å². The highest BCUT2D eigenvalue weighted by atomic mass is 35.5. The lowest BCUT2D eigenvalue weighted by Crippen LogP contribution is -2.22. The lowest BCUT2D eigenvalue weighted by Gasteiger charge is -2.07. The van der Waals surface area contributed by atoms with Gasteiger partial charge in [-0.2, -0.15) is 0 Å². The van der Waals surface area contributed by atoms with Crippen LogP contribution in [-0.4, -0.2) is 23.2 Å². The first-order valence-electron chi connectivity index (χ1n) is 8.50. The van der Waals surface area contributed by atoms with Gasteiger partial charge in [0.15, 0.2) is 5.58 Å². The number of fused-ring (bicyclic) bond motifs is 1. The predicted octanol–water partition coefficient (Wildman–Crippen LogP) is 6.19. The molecule has 0 spiro atoms. The van der Waals surface area contributed by atoms with Crippen LogP contribution in [-0.2, 0) is 0 Å². The number of rotatable bonds is 4. The maximum Gasteiger partial charge on any atom is 0.413 e. The van der Waals surface area contributed by atoms with Crippen LogP contribution in [0.25, 0.3) is 22.2 Å². The third kappa shape index (κ3) is 3.86. The standard InChI is InChI=1S/C21H14ClFN2O4/c1-25(21(26)27)19-10-13-8-12(9-17(22)20(13)29-19)18-7-6-16(11-24-18)28-15-4-2-14(23)3-5-15/h2-11H,1H3,(H,26,27). The molecule has 0 aliphatic heterocycles. The molecule has 0 aliphatic rings. The van der Waals surface area contributed by atoms with Crippen molar-refractivity contribution in [1.82, 2.24) is 4.98 Å². The molecule has 0 unspecified atom stereocenters. The molecule has 0 atom stereocenters. The molecule has 0 aliphatic carbocycles. The Kier molecular flexibility index (Phi) is 4.82. The number of anilines is 1. The number of carbonyl (C=O) groups is 1. The second-order valence-electron chi connectivity index (χ2n) is 6.24. The molecule has 2 aromatic heterocycles. The highest BCUT2D eigenvalue weighted by molar-refractivity contribution is 6.35. The number of pyridine rings is 1. The van der Waals surface area contributed by atoms with Gasteiger partial charge in [0.05, 0.1) is 16.9 Å². The minimum atomic E-state index is -1.14. The fraction of sp³-hybridized carbons (Fsp3) is 0.0476. The van der Waals surface area contributed by atoms with Crippen molar-refractivity contribution in [3.63, 3.8) is 0 Å². The zero-order valence-electron chi connectivity index (χ0n) is 15.1. The van der Waals surface area contributed by atoms with E-state index in [4.69, 9.17) is 25.9 Å². The number of furan rings is 1. The van der Waals surface area contributed by atoms with Gasteiger partial charge in [-0.1, -0.05) is 11.6 Å². The Labute approximate surface area is 169 Å². The summed E-state index contributed by atoms with van der Waals surface area (Å²) in [6.07, 6.45) is 0.411. The van der Waals surface area contributed by atoms with Crippen LogP contribution in [0.4, 0.5) is 15.1 Å². The van der Waals surface area contributed by atoms with Crippen LogP contribution in [0, 0.1) is 5.82 Å². The van der Waals surface area contributed by atoms with E-state index >= 15 is 0 Å². The number of carboxylic acid groups (broad SMARTS) is 1. The molecule has 4 rings (SSSR count). The smallest absolute Gasteiger partial charge is 0.413 e. The van der Waals surface area contributed by atoms with Gasteiger partial charge in [0.2, 0.25) is 5.88 Å². The Hall–Kier alpha value is -3.58. The maximum absolute atomic E-state index is 13.0. The first-order chi connectivity index (χ1) is 13.9. The third-order valence-corrected chi connectivity index (χ3v) is 4.54. The molecule has 29 heavy (non-hydrogen) atoms. The Morgan fingerprint density at radius 3 is 2.52 bits per heavy atom. The van der Waals surface area contributed by atoms with Crippen LogP contribution in [0.5, 0.6) is 11.5 Å². The predicted molar refractivity (Wildman–Crippen MR) is 107 cm³/mol. The minimum Gasteiger partial charge on any atom is -0.465 e. The molecular formula is C21H14ClFN2O4. The van der Waals surface area contributed by atoms with E-state index in [1.165, 1.54) is 31.3 Å². The van der Waals surface area contributed by atoms with E-state index in [9.17, 15) is 9.18 Å². The van der Waals surface area contributed by atoms with Gasteiger partial charge < -0.3 is 14.3 Å². The fourth-order valence-corrected chi connectivity index (χ4v) is 3.02. The number of hydrogen-bond acceptors (Lipinski definition) is 4. The monoisotopic (exact) mass is 412 g/mol. The van der Waals surface area contributed by atoms with Gasteiger partial charge in [0.1, 0.15) is 17.3 Å². The summed E-state index contributed by atoms with van der Waals surface area (Å²) < 4.78 is 24.2. The van der Waals surface area contributed by atoms with Crippen molar-refractivity contribution in [2.75, 3.05) is 11.9 Å². The molecule has 8 heteroatoms. The van der Waals surface area contributed by atoms with Crippen LogP contribution in [0.3, 0.4) is 0 Å². The van der Waals surface area contributed by atoms with Gasteiger partial charge in [-0.3, -0.25) is 9.88 Å². The maximum atomic E-state index is 13.0. The van der Waals surface area contributed by atoms with E-state index in [1.807, 2.05) is 6.07 Å². The summed E-state index contributed by atoms with van der Waals surface area (Å²) in [5, 5.41) is 10.1. The van der Waals surface area contributed by atoms with E-state index in [2.05, 4.69) is 4.98 Å². The van der Waals surface area contributed by atoms with Gasteiger partial charge in [-0.25, -0.2) is 9.18 Å². The zero-order chi connectivity index (χ0) is 20.5. The van der Waals surface area contributed by atoms with Crippen LogP contribution in [0.1, 0.15) is 0 Å². The molecule has 1 amide bonds.